The van der Waals surface area contributed by atoms with Crippen LogP contribution in [0.1, 0.15) is 19.8 Å². The summed E-state index contributed by atoms with van der Waals surface area (Å²) in [6.45, 7) is 1.71. The number of carboxylic acid groups (broad SMARTS) is 1. The van der Waals surface area contributed by atoms with Crippen LogP contribution in [0.2, 0.25) is 0 Å². The predicted octanol–water partition coefficient (Wildman–Crippen LogP) is -0.449. The van der Waals surface area contributed by atoms with Gasteiger partial charge in [-0.1, -0.05) is 8.67 Å². The Labute approximate surface area is 109 Å². The van der Waals surface area contributed by atoms with E-state index < -0.39 is 26.8 Å². The molecule has 0 fully saturated rings. The van der Waals surface area contributed by atoms with Crippen molar-refractivity contribution < 1.29 is 44.5 Å². The molecule has 0 spiro atoms. The first-order valence-corrected chi connectivity index (χ1v) is 7.04. The van der Waals surface area contributed by atoms with Crippen molar-refractivity contribution in [1.29, 1.82) is 5.26 Å². The molecule has 0 radical (unpaired) electrons. The minimum Gasteiger partial charge on any atom is -0.481 e. The second kappa shape index (κ2) is 8.74. The van der Waals surface area contributed by atoms with Gasteiger partial charge in [0.05, 0.1) is 6.07 Å². The van der Waals surface area contributed by atoms with E-state index in [0.717, 1.165) is 0 Å². The summed E-state index contributed by atoms with van der Waals surface area (Å²) in [5, 5.41) is 16.4. The van der Waals surface area contributed by atoms with Gasteiger partial charge in [0.2, 0.25) is 0 Å². The largest absolute Gasteiger partial charge is 0.481 e. The van der Waals surface area contributed by atoms with Crippen molar-refractivity contribution in [2.75, 3.05) is 0 Å². The number of nitriles is 1. The first-order valence-electron chi connectivity index (χ1n) is 4.31. The van der Waals surface area contributed by atoms with E-state index in [0.29, 0.717) is 6.42 Å². The summed E-state index contributed by atoms with van der Waals surface area (Å²) < 4.78 is 58.9. The first-order chi connectivity index (χ1) is 8.37. The van der Waals surface area contributed by atoms with Crippen LogP contribution in [0.25, 0.3) is 0 Å². The molecule has 0 bridgehead atoms. The van der Waals surface area contributed by atoms with E-state index in [1.807, 2.05) is 6.07 Å². The lowest BCUT2D eigenvalue weighted by Crippen LogP contribution is -2.10. The summed E-state index contributed by atoms with van der Waals surface area (Å²) in [5.41, 5.74) is 0. The standard InChI is InChI=1S/C6H9NO2.H2O8S2/c1-5(4-7)2-3-6(8)9;1-9(2,3)7-8-10(4,5)6/h5H,2-3H2,1H3,(H,8,9);(H,1,2,3)(H,4,5,6). The van der Waals surface area contributed by atoms with Crippen molar-refractivity contribution in [3.63, 3.8) is 0 Å². The molecule has 0 aromatic heterocycles. The van der Waals surface area contributed by atoms with Gasteiger partial charge in [-0.15, -0.1) is 0 Å². The molecule has 13 heteroatoms. The van der Waals surface area contributed by atoms with Crippen LogP contribution < -0.4 is 0 Å². The highest BCUT2D eigenvalue weighted by Gasteiger charge is 2.13. The van der Waals surface area contributed by atoms with Gasteiger partial charge in [0.1, 0.15) is 0 Å². The fourth-order valence-electron chi connectivity index (χ4n) is 0.475. The molecule has 0 aliphatic carbocycles. The first kappa shape index (κ1) is 20.0. The van der Waals surface area contributed by atoms with Crippen molar-refractivity contribution in [2.24, 2.45) is 5.92 Å². The highest BCUT2D eigenvalue weighted by atomic mass is 32.3. The molecular weight excluding hydrogens is 310 g/mol. The maximum atomic E-state index is 9.91. The molecule has 0 aliphatic rings. The quantitative estimate of drug-likeness (QED) is 0.326. The van der Waals surface area contributed by atoms with Gasteiger partial charge in [0.15, 0.2) is 0 Å². The van der Waals surface area contributed by atoms with Crippen LogP contribution in [0, 0.1) is 17.2 Å². The van der Waals surface area contributed by atoms with Gasteiger partial charge < -0.3 is 5.11 Å². The molecule has 19 heavy (non-hydrogen) atoms. The van der Waals surface area contributed by atoms with E-state index in [9.17, 15) is 21.6 Å². The van der Waals surface area contributed by atoms with E-state index in [4.69, 9.17) is 19.5 Å². The Hall–Kier alpha value is -1.30. The van der Waals surface area contributed by atoms with Crippen molar-refractivity contribution >= 4 is 26.8 Å². The fraction of sp³-hybridized carbons (Fsp3) is 0.667. The second-order valence-electron chi connectivity index (χ2n) is 2.95. The number of carbonyl (C=O) groups is 1. The van der Waals surface area contributed by atoms with Crippen LogP contribution in [0.5, 0.6) is 0 Å². The molecule has 112 valence electrons. The van der Waals surface area contributed by atoms with Gasteiger partial charge in [-0.3, -0.25) is 13.9 Å². The molecule has 0 aromatic rings. The van der Waals surface area contributed by atoms with E-state index in [2.05, 4.69) is 8.67 Å². The monoisotopic (exact) mass is 321 g/mol. The molecular formula is C6H11NO10S2. The Morgan fingerprint density at radius 3 is 1.79 bits per heavy atom. The third-order valence-electron chi connectivity index (χ3n) is 1.21. The van der Waals surface area contributed by atoms with Crippen LogP contribution in [0.15, 0.2) is 0 Å². The van der Waals surface area contributed by atoms with Crippen molar-refractivity contribution in [2.45, 2.75) is 19.8 Å². The van der Waals surface area contributed by atoms with Crippen LogP contribution in [-0.2, 0) is 34.3 Å². The Morgan fingerprint density at radius 2 is 1.58 bits per heavy atom. The maximum Gasteiger partial charge on any atom is 0.425 e. The Bertz CT molecular complexity index is 483. The summed E-state index contributed by atoms with van der Waals surface area (Å²) in [6, 6.07) is 1.96. The lowest BCUT2D eigenvalue weighted by Gasteiger charge is -1.95. The molecule has 0 amide bonds. The van der Waals surface area contributed by atoms with Crippen molar-refractivity contribution in [3.05, 3.63) is 0 Å². The summed E-state index contributed by atoms with van der Waals surface area (Å²) in [6.07, 6.45) is 0.542. The average molecular weight is 321 g/mol. The zero-order chi connectivity index (χ0) is 15.7. The number of hydrogen-bond donors (Lipinski definition) is 3. The summed E-state index contributed by atoms with van der Waals surface area (Å²) >= 11 is 0. The van der Waals surface area contributed by atoms with E-state index in [-0.39, 0.29) is 12.3 Å². The maximum absolute atomic E-state index is 9.91. The molecule has 0 rings (SSSR count). The topological polar surface area (TPSA) is 188 Å². The third kappa shape index (κ3) is 22.4. The van der Waals surface area contributed by atoms with Gasteiger partial charge in [0.25, 0.3) is 0 Å². The Morgan fingerprint density at radius 1 is 1.21 bits per heavy atom. The number of hydrogen-bond acceptors (Lipinski definition) is 8. The van der Waals surface area contributed by atoms with Crippen LogP contribution >= 0.6 is 0 Å². The van der Waals surface area contributed by atoms with Gasteiger partial charge in [-0.2, -0.15) is 22.1 Å². The summed E-state index contributed by atoms with van der Waals surface area (Å²) in [4.78, 5) is 9.91. The zero-order valence-electron chi connectivity index (χ0n) is 9.45. The highest BCUT2D eigenvalue weighted by Crippen LogP contribution is 2.02. The minimum atomic E-state index is -5.02. The Balaban J connectivity index is 0. The number of rotatable bonds is 6. The third-order valence-corrected chi connectivity index (χ3v) is 1.78. The van der Waals surface area contributed by atoms with Crippen LogP contribution in [0.3, 0.4) is 0 Å². The molecule has 0 heterocycles. The van der Waals surface area contributed by atoms with Crippen molar-refractivity contribution in [3.8, 4) is 6.07 Å². The molecule has 0 aliphatic heterocycles. The lowest BCUT2D eigenvalue weighted by atomic mass is 10.1. The number of aliphatic carboxylic acids is 1. The number of nitrogens with zero attached hydrogens (tertiary/aromatic N) is 1. The van der Waals surface area contributed by atoms with Gasteiger partial charge >= 0.3 is 26.8 Å². The SMILES string of the molecule is CC(C#N)CCC(=O)O.O=S(=O)(O)OOS(=O)(=O)O. The van der Waals surface area contributed by atoms with Gasteiger partial charge in [-0.05, 0) is 13.3 Å². The molecule has 1 atom stereocenters. The highest BCUT2D eigenvalue weighted by molar-refractivity contribution is 7.83. The molecule has 3 N–H and O–H groups in total. The molecule has 1 unspecified atom stereocenters. The average Bonchev–Trinajstić information content (AvgIpc) is 2.22. The van der Waals surface area contributed by atoms with Gasteiger partial charge in [-0.25, -0.2) is 0 Å². The molecule has 0 saturated carbocycles. The second-order valence-corrected chi connectivity index (χ2v) is 4.94. The summed E-state index contributed by atoms with van der Waals surface area (Å²) in [5.74, 6) is -0.974. The van der Waals surface area contributed by atoms with Gasteiger partial charge in [0, 0.05) is 12.3 Å². The van der Waals surface area contributed by atoms with E-state index in [1.54, 1.807) is 6.92 Å². The molecule has 0 aromatic carbocycles. The van der Waals surface area contributed by atoms with Crippen LogP contribution in [-0.4, -0.2) is 37.0 Å². The van der Waals surface area contributed by atoms with Crippen molar-refractivity contribution in [1.82, 2.24) is 0 Å². The summed E-state index contributed by atoms with van der Waals surface area (Å²) in [7, 11) is -10.0. The van der Waals surface area contributed by atoms with E-state index in [1.165, 1.54) is 0 Å². The molecule has 0 saturated heterocycles. The lowest BCUT2D eigenvalue weighted by molar-refractivity contribution is -0.137. The smallest absolute Gasteiger partial charge is 0.425 e. The number of carboxylic acids is 1. The predicted molar refractivity (Wildman–Crippen MR) is 56.9 cm³/mol. The normalized spacial score (nSPS) is 12.7. The van der Waals surface area contributed by atoms with E-state index >= 15 is 0 Å². The Kier molecular flexibility index (Phi) is 9.21. The fourth-order valence-corrected chi connectivity index (χ4v) is 1.04. The zero-order valence-corrected chi connectivity index (χ0v) is 11.1. The minimum absolute atomic E-state index is 0.0920. The molecule has 11 nitrogen and oxygen atoms in total. The van der Waals surface area contributed by atoms with Crippen LogP contribution in [0.4, 0.5) is 0 Å².